The second-order valence-electron chi connectivity index (χ2n) is 6.51. The number of hydrogen-bond donors (Lipinski definition) is 0. The zero-order chi connectivity index (χ0) is 21.7. The van der Waals surface area contributed by atoms with E-state index in [2.05, 4.69) is 9.72 Å². The molecule has 1 aromatic carbocycles. The van der Waals surface area contributed by atoms with E-state index in [0.717, 1.165) is 6.42 Å². The third-order valence-corrected chi connectivity index (χ3v) is 4.58. The topological polar surface area (TPSA) is 78.0 Å². The van der Waals surface area contributed by atoms with Crippen molar-refractivity contribution in [1.29, 1.82) is 0 Å². The summed E-state index contributed by atoms with van der Waals surface area (Å²) < 4.78 is 41.0. The smallest absolute Gasteiger partial charge is 0.338 e. The number of nitrogens with zero attached hydrogens (tertiary/aromatic N) is 2. The highest BCUT2D eigenvalue weighted by Crippen LogP contribution is 2.31. The van der Waals surface area contributed by atoms with E-state index in [-0.39, 0.29) is 33.9 Å². The van der Waals surface area contributed by atoms with Crippen LogP contribution in [0.4, 0.5) is 8.78 Å². The van der Waals surface area contributed by atoms with E-state index < -0.39 is 25.4 Å². The van der Waals surface area contributed by atoms with Crippen molar-refractivity contribution >= 4 is 23.5 Å². The van der Waals surface area contributed by atoms with Crippen LogP contribution in [0.3, 0.4) is 0 Å². The Labute approximate surface area is 176 Å². The summed E-state index contributed by atoms with van der Waals surface area (Å²) in [6.07, 6.45) is 0.505. The number of carbonyl (C=O) groups is 2. The first-order valence-electron chi connectivity index (χ1n) is 9.10. The summed E-state index contributed by atoms with van der Waals surface area (Å²) in [4.78, 5) is 29.9. The monoisotopic (exact) mass is 440 g/mol. The van der Waals surface area contributed by atoms with Gasteiger partial charge in [-0.05, 0) is 24.6 Å². The number of pyridine rings is 1. The zero-order valence-electron chi connectivity index (χ0n) is 16.1. The lowest BCUT2D eigenvalue weighted by Gasteiger charge is -2.30. The number of esters is 1. The molecule has 1 amide bonds. The van der Waals surface area contributed by atoms with Gasteiger partial charge >= 0.3 is 5.97 Å². The summed E-state index contributed by atoms with van der Waals surface area (Å²) in [5.74, 6) is -0.664. The molecule has 1 aliphatic rings. The van der Waals surface area contributed by atoms with Crippen LogP contribution in [0, 0.1) is 0 Å². The van der Waals surface area contributed by atoms with Crippen molar-refractivity contribution < 1.29 is 32.6 Å². The van der Waals surface area contributed by atoms with Gasteiger partial charge in [0, 0.05) is 25.4 Å². The van der Waals surface area contributed by atoms with Crippen LogP contribution in [0.5, 0.6) is 17.4 Å². The molecule has 0 bridgehead atoms. The Bertz CT molecular complexity index is 939. The summed E-state index contributed by atoms with van der Waals surface area (Å²) in [5, 5.41) is 0.0913. The van der Waals surface area contributed by atoms with E-state index in [1.54, 1.807) is 4.90 Å². The predicted molar refractivity (Wildman–Crippen MR) is 104 cm³/mol. The normalized spacial score (nSPS) is 13.9. The van der Waals surface area contributed by atoms with Crippen molar-refractivity contribution in [3.05, 3.63) is 46.6 Å². The average molecular weight is 441 g/mol. The molecule has 0 saturated carbocycles. The third kappa shape index (κ3) is 5.15. The van der Waals surface area contributed by atoms with E-state index in [1.165, 1.54) is 37.6 Å². The minimum atomic E-state index is -1.80. The maximum absolute atomic E-state index is 13.2. The van der Waals surface area contributed by atoms with Crippen molar-refractivity contribution in [2.24, 2.45) is 0 Å². The highest BCUT2D eigenvalue weighted by Gasteiger charge is 2.23. The van der Waals surface area contributed by atoms with Crippen molar-refractivity contribution in [2.45, 2.75) is 12.6 Å². The molecule has 1 atom stereocenters. The molecule has 30 heavy (non-hydrogen) atoms. The summed E-state index contributed by atoms with van der Waals surface area (Å²) in [6, 6.07) is 5.49. The van der Waals surface area contributed by atoms with Crippen molar-refractivity contribution in [3.63, 3.8) is 0 Å². The Balaban J connectivity index is 1.81. The first-order chi connectivity index (χ1) is 14.4. The van der Waals surface area contributed by atoms with E-state index in [1.807, 2.05) is 0 Å². The first-order valence-corrected chi connectivity index (χ1v) is 9.48. The van der Waals surface area contributed by atoms with Gasteiger partial charge in [-0.15, -0.1) is 0 Å². The fraction of sp³-hybridized carbons (Fsp3) is 0.350. The van der Waals surface area contributed by atoms with Gasteiger partial charge in [0.1, 0.15) is 29.8 Å². The zero-order valence-corrected chi connectivity index (χ0v) is 16.8. The fourth-order valence-corrected chi connectivity index (χ4v) is 2.82. The van der Waals surface area contributed by atoms with Crippen LogP contribution in [0.25, 0.3) is 0 Å². The molecule has 160 valence electrons. The van der Waals surface area contributed by atoms with Crippen LogP contribution >= 0.6 is 11.6 Å². The van der Waals surface area contributed by atoms with Gasteiger partial charge in [0.15, 0.2) is 6.17 Å². The van der Waals surface area contributed by atoms with Crippen LogP contribution < -0.4 is 9.47 Å². The molecule has 1 fully saturated rings. The SMILES string of the molecule is COC(=O)c1cc(OCC(F)CF)cc(Oc2ncc(C(=O)N3CCC3)cc2Cl)c1. The number of hydrogen-bond acceptors (Lipinski definition) is 6. The fourth-order valence-electron chi connectivity index (χ4n) is 2.61. The van der Waals surface area contributed by atoms with Gasteiger partial charge in [-0.2, -0.15) is 0 Å². The molecule has 2 aromatic rings. The lowest BCUT2D eigenvalue weighted by molar-refractivity contribution is 0.0598. The summed E-state index contributed by atoms with van der Waals surface area (Å²) in [5.41, 5.74) is 0.404. The first kappa shape index (κ1) is 21.8. The molecule has 1 aliphatic heterocycles. The minimum absolute atomic E-state index is 0.00285. The molecule has 1 aromatic heterocycles. The van der Waals surface area contributed by atoms with E-state index in [9.17, 15) is 18.4 Å². The molecule has 10 heteroatoms. The molecule has 1 saturated heterocycles. The Morgan fingerprint density at radius 3 is 2.53 bits per heavy atom. The second-order valence-corrected chi connectivity index (χ2v) is 6.91. The maximum atomic E-state index is 13.2. The lowest BCUT2D eigenvalue weighted by atomic mass is 10.1. The van der Waals surface area contributed by atoms with Crippen LogP contribution in [0.1, 0.15) is 27.1 Å². The number of halogens is 3. The van der Waals surface area contributed by atoms with Crippen LogP contribution in [0.15, 0.2) is 30.5 Å². The van der Waals surface area contributed by atoms with Gasteiger partial charge in [0.2, 0.25) is 5.88 Å². The van der Waals surface area contributed by atoms with Crippen LogP contribution in [-0.2, 0) is 4.74 Å². The number of rotatable bonds is 8. The highest BCUT2D eigenvalue weighted by molar-refractivity contribution is 6.32. The van der Waals surface area contributed by atoms with Gasteiger partial charge in [0.05, 0.1) is 18.2 Å². The molecule has 2 heterocycles. The summed E-state index contributed by atoms with van der Waals surface area (Å²) in [7, 11) is 1.20. The molecular weight excluding hydrogens is 422 g/mol. The number of aromatic nitrogens is 1. The predicted octanol–water partition coefficient (Wildman–Crippen LogP) is 3.85. The summed E-state index contributed by atoms with van der Waals surface area (Å²) >= 11 is 6.21. The number of carbonyl (C=O) groups excluding carboxylic acids is 2. The number of ether oxygens (including phenoxy) is 3. The van der Waals surface area contributed by atoms with E-state index in [4.69, 9.17) is 21.1 Å². The summed E-state index contributed by atoms with van der Waals surface area (Å²) in [6.45, 7) is -0.338. The average Bonchev–Trinajstić information content (AvgIpc) is 2.71. The van der Waals surface area contributed by atoms with Gasteiger partial charge in [-0.25, -0.2) is 18.6 Å². The van der Waals surface area contributed by atoms with Crippen molar-refractivity contribution in [3.8, 4) is 17.4 Å². The number of alkyl halides is 2. The standard InChI is InChI=1S/C20H19ClF2N2O5/c1-28-20(27)12-5-15(29-11-14(23)9-22)8-16(6-12)30-18-17(21)7-13(10-24-18)19(26)25-3-2-4-25/h5-8,10,14H,2-4,9,11H2,1H3. The second kappa shape index (κ2) is 9.71. The molecule has 0 spiro atoms. The number of amides is 1. The van der Waals surface area contributed by atoms with Crippen molar-refractivity contribution in [2.75, 3.05) is 33.5 Å². The molecular formula is C20H19ClF2N2O5. The van der Waals surface area contributed by atoms with Gasteiger partial charge < -0.3 is 19.1 Å². The third-order valence-electron chi connectivity index (χ3n) is 4.31. The Hall–Kier alpha value is -2.94. The van der Waals surface area contributed by atoms with Gasteiger partial charge in [-0.1, -0.05) is 11.6 Å². The van der Waals surface area contributed by atoms with Crippen LogP contribution in [-0.4, -0.2) is 61.4 Å². The molecule has 0 N–H and O–H groups in total. The number of benzene rings is 1. The van der Waals surface area contributed by atoms with Crippen molar-refractivity contribution in [1.82, 2.24) is 9.88 Å². The Morgan fingerprint density at radius 2 is 1.93 bits per heavy atom. The maximum Gasteiger partial charge on any atom is 0.338 e. The Morgan fingerprint density at radius 1 is 1.20 bits per heavy atom. The highest BCUT2D eigenvalue weighted by atomic mass is 35.5. The van der Waals surface area contributed by atoms with Gasteiger partial charge in [-0.3, -0.25) is 4.79 Å². The number of methoxy groups -OCH3 is 1. The van der Waals surface area contributed by atoms with E-state index in [0.29, 0.717) is 18.7 Å². The molecule has 3 rings (SSSR count). The van der Waals surface area contributed by atoms with Crippen LogP contribution in [0.2, 0.25) is 5.02 Å². The molecule has 0 aliphatic carbocycles. The molecule has 0 radical (unpaired) electrons. The minimum Gasteiger partial charge on any atom is -0.490 e. The quantitative estimate of drug-likeness (QED) is 0.580. The number of likely N-dealkylation sites (tertiary alicyclic amines) is 1. The molecule has 1 unspecified atom stereocenters. The van der Waals surface area contributed by atoms with E-state index >= 15 is 0 Å². The van der Waals surface area contributed by atoms with Gasteiger partial charge in [0.25, 0.3) is 5.91 Å². The Kier molecular flexibility index (Phi) is 7.04. The largest absolute Gasteiger partial charge is 0.490 e. The molecule has 7 nitrogen and oxygen atoms in total. The lowest BCUT2D eigenvalue weighted by Crippen LogP contribution is -2.42.